The molecule has 0 saturated carbocycles. The Morgan fingerprint density at radius 3 is 2.47 bits per heavy atom. The number of aliphatic hydroxyl groups is 1. The smallest absolute Gasteiger partial charge is 0.115 e. The lowest BCUT2D eigenvalue weighted by molar-refractivity contribution is 0.224. The molecule has 4 heteroatoms. The first-order valence-electron chi connectivity index (χ1n) is 4.56. The van der Waals surface area contributed by atoms with Gasteiger partial charge in [-0.3, -0.25) is 0 Å². The predicted octanol–water partition coefficient (Wildman–Crippen LogP) is 4.16. The molecule has 0 aliphatic rings. The van der Waals surface area contributed by atoms with Crippen LogP contribution in [0.3, 0.4) is 0 Å². The highest BCUT2D eigenvalue weighted by Crippen LogP contribution is 2.36. The molecule has 0 aliphatic carbocycles. The highest BCUT2D eigenvalue weighted by Gasteiger charge is 2.17. The standard InChI is InChI=1S/C11H11ClOS2/c1-6-4-15-11(9(6)12)10(13)8-3-7(2)14-5-8/h3-5,10,13H,1-2H3. The second-order valence-electron chi connectivity index (χ2n) is 3.49. The van der Waals surface area contributed by atoms with E-state index in [0.717, 1.165) is 16.0 Å². The van der Waals surface area contributed by atoms with Gasteiger partial charge < -0.3 is 5.11 Å². The van der Waals surface area contributed by atoms with E-state index in [1.165, 1.54) is 16.2 Å². The van der Waals surface area contributed by atoms with Crippen molar-refractivity contribution in [3.05, 3.63) is 42.7 Å². The molecule has 15 heavy (non-hydrogen) atoms. The normalized spacial score (nSPS) is 13.1. The quantitative estimate of drug-likeness (QED) is 0.858. The fraction of sp³-hybridized carbons (Fsp3) is 0.273. The zero-order chi connectivity index (χ0) is 11.0. The average Bonchev–Trinajstić information content (AvgIpc) is 2.75. The first-order chi connectivity index (χ1) is 7.09. The number of aryl methyl sites for hydroxylation is 2. The van der Waals surface area contributed by atoms with Crippen molar-refractivity contribution >= 4 is 34.3 Å². The van der Waals surface area contributed by atoms with E-state index in [1.807, 2.05) is 30.7 Å². The topological polar surface area (TPSA) is 20.2 Å². The minimum atomic E-state index is -0.582. The summed E-state index contributed by atoms with van der Waals surface area (Å²) in [5, 5.41) is 14.8. The Balaban J connectivity index is 2.36. The molecule has 0 saturated heterocycles. The van der Waals surface area contributed by atoms with Crippen LogP contribution in [0.15, 0.2) is 16.8 Å². The van der Waals surface area contributed by atoms with Crippen LogP contribution in [0.1, 0.15) is 27.0 Å². The van der Waals surface area contributed by atoms with Gasteiger partial charge in [0.25, 0.3) is 0 Å². The van der Waals surface area contributed by atoms with Gasteiger partial charge in [-0.2, -0.15) is 0 Å². The maximum atomic E-state index is 10.1. The number of hydrogen-bond donors (Lipinski definition) is 1. The molecule has 2 rings (SSSR count). The molecular weight excluding hydrogens is 248 g/mol. The van der Waals surface area contributed by atoms with Crippen LogP contribution in [0.4, 0.5) is 0 Å². The van der Waals surface area contributed by atoms with Gasteiger partial charge in [0.15, 0.2) is 0 Å². The van der Waals surface area contributed by atoms with Crippen LogP contribution in [0.5, 0.6) is 0 Å². The lowest BCUT2D eigenvalue weighted by atomic mass is 10.1. The summed E-state index contributed by atoms with van der Waals surface area (Å²) in [7, 11) is 0. The summed E-state index contributed by atoms with van der Waals surface area (Å²) in [4.78, 5) is 2.04. The summed E-state index contributed by atoms with van der Waals surface area (Å²) >= 11 is 9.27. The Morgan fingerprint density at radius 1 is 1.27 bits per heavy atom. The Morgan fingerprint density at radius 2 is 2.00 bits per heavy atom. The number of aliphatic hydroxyl groups excluding tert-OH is 1. The maximum Gasteiger partial charge on any atom is 0.115 e. The third-order valence-electron chi connectivity index (χ3n) is 2.24. The van der Waals surface area contributed by atoms with Crippen LogP contribution >= 0.6 is 34.3 Å². The van der Waals surface area contributed by atoms with Crippen LogP contribution in [0, 0.1) is 13.8 Å². The molecule has 0 radical (unpaired) electrons. The van der Waals surface area contributed by atoms with Crippen LogP contribution in [0.2, 0.25) is 5.02 Å². The largest absolute Gasteiger partial charge is 0.383 e. The lowest BCUT2D eigenvalue weighted by Crippen LogP contribution is -1.95. The Labute approximate surface area is 102 Å². The van der Waals surface area contributed by atoms with Crippen LogP contribution in [0.25, 0.3) is 0 Å². The predicted molar refractivity (Wildman–Crippen MR) is 67.2 cm³/mol. The number of rotatable bonds is 2. The van der Waals surface area contributed by atoms with E-state index in [2.05, 4.69) is 0 Å². The fourth-order valence-corrected chi connectivity index (χ4v) is 3.42. The van der Waals surface area contributed by atoms with Crippen molar-refractivity contribution in [2.24, 2.45) is 0 Å². The van der Waals surface area contributed by atoms with Gasteiger partial charge in [0.05, 0.1) is 9.90 Å². The molecule has 0 amide bonds. The zero-order valence-electron chi connectivity index (χ0n) is 8.45. The zero-order valence-corrected chi connectivity index (χ0v) is 10.8. The van der Waals surface area contributed by atoms with Gasteiger partial charge in [0, 0.05) is 4.88 Å². The van der Waals surface area contributed by atoms with Crippen molar-refractivity contribution in [2.45, 2.75) is 20.0 Å². The van der Waals surface area contributed by atoms with Crippen LogP contribution < -0.4 is 0 Å². The average molecular weight is 259 g/mol. The molecule has 1 atom stereocenters. The summed E-state index contributed by atoms with van der Waals surface area (Å²) < 4.78 is 0. The van der Waals surface area contributed by atoms with E-state index in [0.29, 0.717) is 5.02 Å². The summed E-state index contributed by atoms with van der Waals surface area (Å²) in [6.45, 7) is 3.98. The van der Waals surface area contributed by atoms with Crippen molar-refractivity contribution in [1.29, 1.82) is 0 Å². The number of halogens is 1. The fourth-order valence-electron chi connectivity index (χ4n) is 1.39. The molecule has 0 aromatic carbocycles. The molecule has 2 aromatic heterocycles. The summed E-state index contributed by atoms with van der Waals surface area (Å²) in [5.74, 6) is 0. The highest BCUT2D eigenvalue weighted by atomic mass is 35.5. The van der Waals surface area contributed by atoms with Crippen LogP contribution in [-0.4, -0.2) is 5.11 Å². The molecule has 1 N–H and O–H groups in total. The monoisotopic (exact) mass is 258 g/mol. The van der Waals surface area contributed by atoms with Gasteiger partial charge >= 0.3 is 0 Å². The third kappa shape index (κ3) is 2.11. The van der Waals surface area contributed by atoms with Gasteiger partial charge in [-0.15, -0.1) is 22.7 Å². The van der Waals surface area contributed by atoms with Crippen molar-refractivity contribution in [2.75, 3.05) is 0 Å². The van der Waals surface area contributed by atoms with Crippen molar-refractivity contribution < 1.29 is 5.11 Å². The summed E-state index contributed by atoms with van der Waals surface area (Å²) in [6.07, 6.45) is -0.582. The maximum absolute atomic E-state index is 10.1. The Kier molecular flexibility index (Phi) is 3.16. The Hall–Kier alpha value is -0.350. The molecule has 0 aliphatic heterocycles. The summed E-state index contributed by atoms with van der Waals surface area (Å²) in [6, 6.07) is 2.00. The van der Waals surface area contributed by atoms with E-state index in [-0.39, 0.29) is 0 Å². The SMILES string of the molecule is Cc1cc(C(O)c2scc(C)c2Cl)cs1. The molecule has 2 aromatic rings. The van der Waals surface area contributed by atoms with Crippen molar-refractivity contribution in [3.8, 4) is 0 Å². The van der Waals surface area contributed by atoms with E-state index in [1.54, 1.807) is 11.3 Å². The molecule has 0 spiro atoms. The highest BCUT2D eigenvalue weighted by molar-refractivity contribution is 7.11. The van der Waals surface area contributed by atoms with Gasteiger partial charge in [-0.1, -0.05) is 11.6 Å². The van der Waals surface area contributed by atoms with Crippen LogP contribution in [-0.2, 0) is 0 Å². The van der Waals surface area contributed by atoms with E-state index < -0.39 is 6.10 Å². The van der Waals surface area contributed by atoms with E-state index in [4.69, 9.17) is 11.6 Å². The Bertz CT molecular complexity index is 473. The second kappa shape index (κ2) is 4.26. The number of hydrogen-bond acceptors (Lipinski definition) is 3. The van der Waals surface area contributed by atoms with Gasteiger partial charge in [0.2, 0.25) is 0 Å². The molecule has 1 nitrogen and oxygen atoms in total. The van der Waals surface area contributed by atoms with Gasteiger partial charge in [-0.05, 0) is 41.8 Å². The molecule has 0 bridgehead atoms. The molecule has 2 heterocycles. The minimum absolute atomic E-state index is 0.582. The van der Waals surface area contributed by atoms with E-state index >= 15 is 0 Å². The molecular formula is C11H11ClOS2. The third-order valence-corrected chi connectivity index (χ3v) is 4.89. The molecule has 0 fully saturated rings. The first kappa shape index (κ1) is 11.1. The second-order valence-corrected chi connectivity index (χ2v) is 5.89. The van der Waals surface area contributed by atoms with Gasteiger partial charge in [0.1, 0.15) is 6.10 Å². The lowest BCUT2D eigenvalue weighted by Gasteiger charge is -2.06. The number of thiophene rings is 2. The molecule has 1 unspecified atom stereocenters. The molecule has 80 valence electrons. The van der Waals surface area contributed by atoms with Gasteiger partial charge in [-0.25, -0.2) is 0 Å². The first-order valence-corrected chi connectivity index (χ1v) is 6.70. The van der Waals surface area contributed by atoms with Crippen molar-refractivity contribution in [3.63, 3.8) is 0 Å². The van der Waals surface area contributed by atoms with E-state index in [9.17, 15) is 5.11 Å². The van der Waals surface area contributed by atoms with Crippen molar-refractivity contribution in [1.82, 2.24) is 0 Å². The summed E-state index contributed by atoms with van der Waals surface area (Å²) in [5.41, 5.74) is 1.96. The minimum Gasteiger partial charge on any atom is -0.383 e.